The number of hydrogen-bond acceptors (Lipinski definition) is 7. The maximum absolute atomic E-state index is 14.2. The van der Waals surface area contributed by atoms with Crippen LogP contribution in [-0.2, 0) is 16.5 Å². The SMILES string of the molecule is CC1=C(C#N)[C@@H](c2ccc(C#N)cc2S(C)(=O)=O)N(C(=O)NC2(CO)CCCC2)C(=O)N1c1cccc(CF)c1. The number of allylic oxidation sites excluding steroid dienone is 1. The Balaban J connectivity index is 1.98. The van der Waals surface area contributed by atoms with E-state index in [-0.39, 0.29) is 45.2 Å². The molecule has 2 N–H and O–H groups in total. The van der Waals surface area contributed by atoms with Gasteiger partial charge in [-0.05, 0) is 55.2 Å². The highest BCUT2D eigenvalue weighted by atomic mass is 32.2. The van der Waals surface area contributed by atoms with Crippen LogP contribution >= 0.6 is 0 Å². The molecule has 2 aromatic carbocycles. The van der Waals surface area contributed by atoms with Crippen LogP contribution in [0.3, 0.4) is 0 Å². The molecule has 12 heteroatoms. The van der Waals surface area contributed by atoms with E-state index in [1.165, 1.54) is 43.3 Å². The number of hydrogen-bond donors (Lipinski definition) is 2. The molecule has 40 heavy (non-hydrogen) atoms. The summed E-state index contributed by atoms with van der Waals surface area (Å²) in [5.74, 6) is 0. The molecule has 0 saturated heterocycles. The first-order valence-electron chi connectivity index (χ1n) is 12.6. The molecule has 2 aliphatic rings. The van der Waals surface area contributed by atoms with Crippen LogP contribution < -0.4 is 10.2 Å². The number of nitrogens with one attached hydrogen (secondary N) is 1. The van der Waals surface area contributed by atoms with Crippen LogP contribution in [0.2, 0.25) is 0 Å². The fourth-order valence-electron chi connectivity index (χ4n) is 5.34. The van der Waals surface area contributed by atoms with E-state index in [2.05, 4.69) is 5.32 Å². The number of anilines is 1. The predicted molar refractivity (Wildman–Crippen MR) is 143 cm³/mol. The fourth-order valence-corrected chi connectivity index (χ4v) is 6.29. The number of benzene rings is 2. The number of rotatable bonds is 6. The van der Waals surface area contributed by atoms with E-state index in [0.29, 0.717) is 12.8 Å². The van der Waals surface area contributed by atoms with Gasteiger partial charge in [0.25, 0.3) is 0 Å². The lowest BCUT2D eigenvalue weighted by Gasteiger charge is -2.42. The summed E-state index contributed by atoms with van der Waals surface area (Å²) >= 11 is 0. The Hall–Kier alpha value is -4.26. The number of nitrogens with zero attached hydrogens (tertiary/aromatic N) is 4. The number of sulfone groups is 1. The van der Waals surface area contributed by atoms with Crippen molar-refractivity contribution in [2.24, 2.45) is 0 Å². The number of halogens is 1. The van der Waals surface area contributed by atoms with E-state index in [4.69, 9.17) is 0 Å². The average Bonchev–Trinajstić information content (AvgIpc) is 3.40. The molecule has 4 amide bonds. The Morgan fingerprint density at radius 3 is 2.45 bits per heavy atom. The van der Waals surface area contributed by atoms with Gasteiger partial charge in [-0.3, -0.25) is 4.90 Å². The number of aliphatic hydroxyl groups is 1. The third-order valence-corrected chi connectivity index (χ3v) is 8.54. The third kappa shape index (κ3) is 5.16. The van der Waals surface area contributed by atoms with E-state index in [9.17, 15) is 38.0 Å². The van der Waals surface area contributed by atoms with Crippen LogP contribution in [0.5, 0.6) is 0 Å². The zero-order valence-electron chi connectivity index (χ0n) is 22.0. The van der Waals surface area contributed by atoms with Gasteiger partial charge in [0.2, 0.25) is 0 Å². The summed E-state index contributed by atoms with van der Waals surface area (Å²) in [4.78, 5) is 29.7. The van der Waals surface area contributed by atoms with Gasteiger partial charge in [0.1, 0.15) is 12.7 Å². The first kappa shape index (κ1) is 28.7. The van der Waals surface area contributed by atoms with Gasteiger partial charge >= 0.3 is 12.1 Å². The number of alkyl halides is 1. The number of nitriles is 2. The number of carbonyl (C=O) groups excluding carboxylic acids is 2. The van der Waals surface area contributed by atoms with Crippen molar-refractivity contribution in [2.75, 3.05) is 17.8 Å². The molecule has 10 nitrogen and oxygen atoms in total. The molecule has 0 aromatic heterocycles. The maximum Gasteiger partial charge on any atom is 0.337 e. The first-order chi connectivity index (χ1) is 19.0. The fraction of sp³-hybridized carbons (Fsp3) is 0.357. The second kappa shape index (κ2) is 11.1. The Labute approximate surface area is 231 Å². The highest BCUT2D eigenvalue weighted by molar-refractivity contribution is 7.90. The van der Waals surface area contributed by atoms with Crippen molar-refractivity contribution in [3.63, 3.8) is 0 Å². The summed E-state index contributed by atoms with van der Waals surface area (Å²) in [6, 6.07) is 10.4. The highest BCUT2D eigenvalue weighted by Crippen LogP contribution is 2.42. The molecule has 1 fully saturated rings. The molecule has 1 heterocycles. The molecule has 1 saturated carbocycles. The van der Waals surface area contributed by atoms with Gasteiger partial charge in [-0.25, -0.2) is 27.3 Å². The van der Waals surface area contributed by atoms with Crippen LogP contribution in [0.25, 0.3) is 0 Å². The van der Waals surface area contributed by atoms with E-state index in [0.717, 1.165) is 35.0 Å². The van der Waals surface area contributed by atoms with E-state index < -0.39 is 40.2 Å². The summed E-state index contributed by atoms with van der Waals surface area (Å²) in [7, 11) is -3.99. The topological polar surface area (TPSA) is 155 Å². The van der Waals surface area contributed by atoms with Crippen molar-refractivity contribution in [2.45, 2.75) is 55.8 Å². The molecule has 0 spiro atoms. The maximum atomic E-state index is 14.2. The molecule has 1 aliphatic carbocycles. The molecule has 1 atom stereocenters. The molecule has 0 unspecified atom stereocenters. The summed E-state index contributed by atoms with van der Waals surface area (Å²) in [6.07, 6.45) is 3.36. The Morgan fingerprint density at radius 2 is 1.88 bits per heavy atom. The predicted octanol–water partition coefficient (Wildman–Crippen LogP) is 4.23. The number of imide groups is 1. The third-order valence-electron chi connectivity index (χ3n) is 7.39. The monoisotopic (exact) mass is 565 g/mol. The molecule has 208 valence electrons. The minimum atomic E-state index is -3.99. The van der Waals surface area contributed by atoms with Crippen molar-refractivity contribution in [3.05, 3.63) is 70.4 Å². The van der Waals surface area contributed by atoms with E-state index in [1.54, 1.807) is 0 Å². The molecular weight excluding hydrogens is 537 g/mol. The van der Waals surface area contributed by atoms with Gasteiger partial charge in [0.15, 0.2) is 9.84 Å². The van der Waals surface area contributed by atoms with Crippen LogP contribution in [0.15, 0.2) is 58.6 Å². The molecule has 2 aromatic rings. The molecule has 0 radical (unpaired) electrons. The van der Waals surface area contributed by atoms with E-state index >= 15 is 0 Å². The Bertz CT molecular complexity index is 1580. The van der Waals surface area contributed by atoms with Crippen molar-refractivity contribution < 1.29 is 27.5 Å². The van der Waals surface area contributed by atoms with Crippen molar-refractivity contribution in [3.8, 4) is 12.1 Å². The Morgan fingerprint density at radius 1 is 1.18 bits per heavy atom. The van der Waals surface area contributed by atoms with Gasteiger partial charge < -0.3 is 10.4 Å². The van der Waals surface area contributed by atoms with Crippen LogP contribution in [0.4, 0.5) is 19.7 Å². The zero-order chi connectivity index (χ0) is 29.2. The standard InChI is InChI=1S/C28H28FN5O5S/c1-18-23(16-31)25(22-9-8-20(15-30)13-24(22)40(2,38)39)34(26(36)32-28(17-35)10-3-4-11-28)27(37)33(18)21-7-5-6-19(12-21)14-29/h5-9,12-13,25,35H,3-4,10-11,14,17H2,1-2H3,(H,32,36)/t25-/m1/s1. The van der Waals surface area contributed by atoms with Crippen molar-refractivity contribution >= 4 is 27.6 Å². The largest absolute Gasteiger partial charge is 0.394 e. The first-order valence-corrected chi connectivity index (χ1v) is 14.5. The van der Waals surface area contributed by atoms with Crippen molar-refractivity contribution in [1.29, 1.82) is 10.5 Å². The lowest BCUT2D eigenvalue weighted by atomic mass is 9.92. The normalized spacial score (nSPS) is 18.9. The van der Waals surface area contributed by atoms with Gasteiger partial charge in [-0.1, -0.05) is 31.0 Å². The second-order valence-electron chi connectivity index (χ2n) is 10.0. The molecule has 0 bridgehead atoms. The van der Waals surface area contributed by atoms with Crippen LogP contribution in [0, 0.1) is 22.7 Å². The zero-order valence-corrected chi connectivity index (χ0v) is 22.8. The number of urea groups is 2. The summed E-state index contributed by atoms with van der Waals surface area (Å²) in [5.41, 5.74) is -0.486. The van der Waals surface area contributed by atoms with Crippen LogP contribution in [0.1, 0.15) is 55.3 Å². The lowest BCUT2D eigenvalue weighted by molar-refractivity contribution is 0.140. The minimum absolute atomic E-state index is 0.0383. The summed E-state index contributed by atoms with van der Waals surface area (Å²) in [5, 5.41) is 32.6. The van der Waals surface area contributed by atoms with Gasteiger partial charge in [0.05, 0.1) is 46.0 Å². The van der Waals surface area contributed by atoms with Gasteiger partial charge in [-0.2, -0.15) is 10.5 Å². The summed E-state index contributed by atoms with van der Waals surface area (Å²) < 4.78 is 39.2. The number of amides is 4. The number of carbonyl (C=O) groups is 2. The minimum Gasteiger partial charge on any atom is -0.394 e. The molecule has 1 aliphatic heterocycles. The average molecular weight is 566 g/mol. The van der Waals surface area contributed by atoms with Gasteiger partial charge in [0, 0.05) is 12.0 Å². The van der Waals surface area contributed by atoms with Crippen LogP contribution in [-0.4, -0.2) is 48.9 Å². The van der Waals surface area contributed by atoms with Gasteiger partial charge in [-0.15, -0.1) is 0 Å². The van der Waals surface area contributed by atoms with Crippen molar-refractivity contribution in [1.82, 2.24) is 10.2 Å². The smallest absolute Gasteiger partial charge is 0.337 e. The molecule has 4 rings (SSSR count). The molecular formula is C28H28FN5O5S. The quantitative estimate of drug-likeness (QED) is 0.531. The lowest BCUT2D eigenvalue weighted by Crippen LogP contribution is -2.60. The second-order valence-corrected chi connectivity index (χ2v) is 12.0. The Kier molecular flexibility index (Phi) is 7.96. The number of aliphatic hydroxyl groups excluding tert-OH is 1. The summed E-state index contributed by atoms with van der Waals surface area (Å²) in [6.45, 7) is 0.300. The van der Waals surface area contributed by atoms with E-state index in [1.807, 2.05) is 12.1 Å². The highest BCUT2D eigenvalue weighted by Gasteiger charge is 2.47.